The minimum absolute atomic E-state index is 0.136. The van der Waals surface area contributed by atoms with Crippen LogP contribution in [0.15, 0.2) is 30.3 Å². The highest BCUT2D eigenvalue weighted by molar-refractivity contribution is 7.19. The van der Waals surface area contributed by atoms with Crippen LogP contribution in [0.1, 0.15) is 15.9 Å². The van der Waals surface area contributed by atoms with Gasteiger partial charge in [-0.05, 0) is 23.6 Å². The highest BCUT2D eigenvalue weighted by Crippen LogP contribution is 2.33. The standard InChI is InChI=1S/C13H14N2O2S/c14-12(17)10-7-11(18-13(10)15)9-3-1-8(2-4-9)5-6-16/h1-4,7,16H,5-6,15H2,(H2,14,17). The molecular formula is C13H14N2O2S. The lowest BCUT2D eigenvalue weighted by atomic mass is 10.1. The maximum absolute atomic E-state index is 11.1. The zero-order valence-electron chi connectivity index (χ0n) is 9.72. The topological polar surface area (TPSA) is 89.3 Å². The summed E-state index contributed by atoms with van der Waals surface area (Å²) in [5.41, 5.74) is 13.4. The van der Waals surface area contributed by atoms with Gasteiger partial charge in [-0.2, -0.15) is 0 Å². The number of thiophene rings is 1. The first-order valence-electron chi connectivity index (χ1n) is 5.51. The van der Waals surface area contributed by atoms with Crippen molar-refractivity contribution < 1.29 is 9.90 Å². The Morgan fingerprint density at radius 2 is 1.94 bits per heavy atom. The summed E-state index contributed by atoms with van der Waals surface area (Å²) in [6.45, 7) is 0.136. The van der Waals surface area contributed by atoms with Crippen molar-refractivity contribution in [1.29, 1.82) is 0 Å². The van der Waals surface area contributed by atoms with E-state index in [2.05, 4.69) is 0 Å². The van der Waals surface area contributed by atoms with Gasteiger partial charge in [0, 0.05) is 11.5 Å². The van der Waals surface area contributed by atoms with Crippen LogP contribution in [-0.4, -0.2) is 17.6 Å². The minimum atomic E-state index is -0.507. The second-order valence-corrected chi connectivity index (χ2v) is 5.01. The van der Waals surface area contributed by atoms with Crippen LogP contribution in [0.4, 0.5) is 5.00 Å². The summed E-state index contributed by atoms with van der Waals surface area (Å²) in [6.07, 6.45) is 0.638. The number of nitrogens with two attached hydrogens (primary N) is 2. The van der Waals surface area contributed by atoms with E-state index in [1.807, 2.05) is 24.3 Å². The molecule has 0 fully saturated rings. The molecule has 2 rings (SSSR count). The van der Waals surface area contributed by atoms with Gasteiger partial charge in [0.15, 0.2) is 0 Å². The molecule has 5 heteroatoms. The fourth-order valence-electron chi connectivity index (χ4n) is 1.70. The molecule has 0 aliphatic heterocycles. The lowest BCUT2D eigenvalue weighted by Gasteiger charge is -2.00. The van der Waals surface area contributed by atoms with Crippen LogP contribution < -0.4 is 11.5 Å². The largest absolute Gasteiger partial charge is 0.396 e. The second kappa shape index (κ2) is 5.20. The lowest BCUT2D eigenvalue weighted by molar-refractivity contribution is 0.100. The Kier molecular flexibility index (Phi) is 3.64. The molecule has 94 valence electrons. The van der Waals surface area contributed by atoms with Crippen LogP contribution in [0.5, 0.6) is 0 Å². The van der Waals surface area contributed by atoms with Crippen LogP contribution in [0, 0.1) is 0 Å². The zero-order valence-corrected chi connectivity index (χ0v) is 10.5. The number of aliphatic hydroxyl groups excluding tert-OH is 1. The van der Waals surface area contributed by atoms with Gasteiger partial charge < -0.3 is 16.6 Å². The molecule has 2 aromatic rings. The maximum Gasteiger partial charge on any atom is 0.251 e. The molecule has 0 radical (unpaired) electrons. The van der Waals surface area contributed by atoms with Crippen molar-refractivity contribution in [3.63, 3.8) is 0 Å². The van der Waals surface area contributed by atoms with E-state index in [-0.39, 0.29) is 6.61 Å². The molecule has 0 saturated carbocycles. The third-order valence-corrected chi connectivity index (χ3v) is 3.68. The van der Waals surface area contributed by atoms with Gasteiger partial charge >= 0.3 is 0 Å². The molecule has 18 heavy (non-hydrogen) atoms. The summed E-state index contributed by atoms with van der Waals surface area (Å²) in [5, 5.41) is 9.28. The molecule has 1 aromatic heterocycles. The minimum Gasteiger partial charge on any atom is -0.396 e. The van der Waals surface area contributed by atoms with Gasteiger partial charge in [0.25, 0.3) is 5.91 Å². The Hall–Kier alpha value is -1.85. The number of primary amides is 1. The quantitative estimate of drug-likeness (QED) is 0.782. The van der Waals surface area contributed by atoms with Gasteiger partial charge in [-0.1, -0.05) is 24.3 Å². The highest BCUT2D eigenvalue weighted by atomic mass is 32.1. The molecule has 4 nitrogen and oxygen atoms in total. The number of anilines is 1. The van der Waals surface area contributed by atoms with E-state index >= 15 is 0 Å². The van der Waals surface area contributed by atoms with Gasteiger partial charge in [-0.3, -0.25) is 4.79 Å². The Morgan fingerprint density at radius 1 is 1.28 bits per heavy atom. The summed E-state index contributed by atoms with van der Waals surface area (Å²) >= 11 is 1.34. The lowest BCUT2D eigenvalue weighted by Crippen LogP contribution is -2.11. The van der Waals surface area contributed by atoms with Crippen LogP contribution >= 0.6 is 11.3 Å². The van der Waals surface area contributed by atoms with Crippen molar-refractivity contribution in [2.45, 2.75) is 6.42 Å². The molecular weight excluding hydrogens is 248 g/mol. The predicted molar refractivity (Wildman–Crippen MR) is 73.5 cm³/mol. The Balaban J connectivity index is 2.31. The van der Waals surface area contributed by atoms with Crippen molar-refractivity contribution in [1.82, 2.24) is 0 Å². The first-order chi connectivity index (χ1) is 8.61. The third-order valence-electron chi connectivity index (χ3n) is 2.67. The molecule has 0 unspecified atom stereocenters. The number of benzene rings is 1. The van der Waals surface area contributed by atoms with E-state index in [1.165, 1.54) is 11.3 Å². The Bertz CT molecular complexity index is 561. The SMILES string of the molecule is NC(=O)c1cc(-c2ccc(CCO)cc2)sc1N. The summed E-state index contributed by atoms with van der Waals surface area (Å²) < 4.78 is 0. The molecule has 5 N–H and O–H groups in total. The number of hydrogen-bond acceptors (Lipinski definition) is 4. The van der Waals surface area contributed by atoms with E-state index in [4.69, 9.17) is 16.6 Å². The first kappa shape index (κ1) is 12.6. The van der Waals surface area contributed by atoms with E-state index in [9.17, 15) is 4.79 Å². The molecule has 0 bridgehead atoms. The maximum atomic E-state index is 11.1. The molecule has 0 aliphatic rings. The fourth-order valence-corrected chi connectivity index (χ4v) is 2.64. The molecule has 0 aliphatic carbocycles. The Morgan fingerprint density at radius 3 is 2.44 bits per heavy atom. The second-order valence-electron chi connectivity index (χ2n) is 3.92. The summed E-state index contributed by atoms with van der Waals surface area (Å²) in [5.74, 6) is -0.507. The van der Waals surface area contributed by atoms with Crippen molar-refractivity contribution in [2.75, 3.05) is 12.3 Å². The van der Waals surface area contributed by atoms with E-state index < -0.39 is 5.91 Å². The van der Waals surface area contributed by atoms with Crippen LogP contribution in [0.25, 0.3) is 10.4 Å². The summed E-state index contributed by atoms with van der Waals surface area (Å²) in [6, 6.07) is 9.50. The van der Waals surface area contributed by atoms with Crippen molar-refractivity contribution >= 4 is 22.2 Å². The molecule has 1 heterocycles. The number of rotatable bonds is 4. The number of carbonyl (C=O) groups excluding carboxylic acids is 1. The summed E-state index contributed by atoms with van der Waals surface area (Å²) in [4.78, 5) is 12.0. The van der Waals surface area contributed by atoms with Gasteiger partial charge in [0.1, 0.15) is 0 Å². The number of amides is 1. The monoisotopic (exact) mass is 262 g/mol. The van der Waals surface area contributed by atoms with Crippen LogP contribution in [0.2, 0.25) is 0 Å². The highest BCUT2D eigenvalue weighted by Gasteiger charge is 2.12. The van der Waals surface area contributed by atoms with Gasteiger partial charge in [0.05, 0.1) is 10.6 Å². The molecule has 1 amide bonds. The third kappa shape index (κ3) is 2.52. The smallest absolute Gasteiger partial charge is 0.251 e. The predicted octanol–water partition coefficient (Wildman–Crippen LogP) is 1.63. The zero-order chi connectivity index (χ0) is 13.1. The van der Waals surface area contributed by atoms with E-state index in [1.54, 1.807) is 6.07 Å². The average molecular weight is 262 g/mol. The summed E-state index contributed by atoms with van der Waals surface area (Å²) in [7, 11) is 0. The number of hydrogen-bond donors (Lipinski definition) is 3. The van der Waals surface area contributed by atoms with Crippen molar-refractivity contribution in [2.24, 2.45) is 5.73 Å². The molecule has 0 atom stereocenters. The van der Waals surface area contributed by atoms with Gasteiger partial charge in [-0.25, -0.2) is 0 Å². The van der Waals surface area contributed by atoms with Crippen LogP contribution in [-0.2, 0) is 6.42 Å². The first-order valence-corrected chi connectivity index (χ1v) is 6.32. The fraction of sp³-hybridized carbons (Fsp3) is 0.154. The van der Waals surface area contributed by atoms with Crippen molar-refractivity contribution in [3.8, 4) is 10.4 Å². The van der Waals surface area contributed by atoms with Crippen LogP contribution in [0.3, 0.4) is 0 Å². The average Bonchev–Trinajstić information content (AvgIpc) is 2.73. The normalized spacial score (nSPS) is 10.5. The molecule has 1 aromatic carbocycles. The van der Waals surface area contributed by atoms with E-state index in [0.29, 0.717) is 17.0 Å². The molecule has 0 saturated heterocycles. The van der Waals surface area contributed by atoms with Crippen molar-refractivity contribution in [3.05, 3.63) is 41.5 Å². The van der Waals surface area contributed by atoms with Gasteiger partial charge in [-0.15, -0.1) is 11.3 Å². The number of carbonyl (C=O) groups is 1. The Labute approximate surface area is 109 Å². The molecule has 0 spiro atoms. The number of aliphatic hydroxyl groups is 1. The van der Waals surface area contributed by atoms with E-state index in [0.717, 1.165) is 16.0 Å². The number of nitrogen functional groups attached to an aromatic ring is 1. The van der Waals surface area contributed by atoms with Gasteiger partial charge in [0.2, 0.25) is 0 Å².